The summed E-state index contributed by atoms with van der Waals surface area (Å²) >= 11 is 11.9. The second kappa shape index (κ2) is 12.2. The lowest BCUT2D eigenvalue weighted by molar-refractivity contribution is -0.112. The van der Waals surface area contributed by atoms with Crippen LogP contribution in [-0.2, 0) is 11.4 Å². The summed E-state index contributed by atoms with van der Waals surface area (Å²) in [6.45, 7) is 4.55. The van der Waals surface area contributed by atoms with Gasteiger partial charge in [0.1, 0.15) is 18.2 Å². The molecule has 174 valence electrons. The van der Waals surface area contributed by atoms with Gasteiger partial charge < -0.3 is 14.8 Å². The molecule has 0 aromatic heterocycles. The van der Waals surface area contributed by atoms with Crippen LogP contribution in [0.25, 0.3) is 6.08 Å². The maximum absolute atomic E-state index is 12.7. The van der Waals surface area contributed by atoms with Gasteiger partial charge >= 0.3 is 0 Å². The van der Waals surface area contributed by atoms with Gasteiger partial charge in [0.2, 0.25) is 0 Å². The third-order valence-electron chi connectivity index (χ3n) is 4.73. The van der Waals surface area contributed by atoms with Gasteiger partial charge in [-0.1, -0.05) is 29.8 Å². The molecule has 0 saturated carbocycles. The zero-order valence-electron chi connectivity index (χ0n) is 18.5. The van der Waals surface area contributed by atoms with E-state index in [2.05, 4.69) is 43.8 Å². The average molecular weight is 652 g/mol. The lowest BCUT2D eigenvalue weighted by Gasteiger charge is -2.15. The zero-order chi connectivity index (χ0) is 24.7. The van der Waals surface area contributed by atoms with Crippen LogP contribution in [0.2, 0.25) is 5.02 Å². The number of nitrogens with one attached hydrogen (secondary N) is 1. The number of rotatable bonds is 8. The maximum Gasteiger partial charge on any atom is 0.266 e. The molecule has 0 spiro atoms. The van der Waals surface area contributed by atoms with Crippen molar-refractivity contribution < 1.29 is 14.3 Å². The molecular weight excluding hydrogens is 631 g/mol. The highest BCUT2D eigenvalue weighted by Crippen LogP contribution is 2.38. The molecule has 5 nitrogen and oxygen atoms in total. The van der Waals surface area contributed by atoms with Gasteiger partial charge in [-0.2, -0.15) is 5.26 Å². The number of benzene rings is 3. The second-order valence-corrected chi connectivity index (χ2v) is 9.77. The molecule has 34 heavy (non-hydrogen) atoms. The van der Waals surface area contributed by atoms with Crippen LogP contribution in [0, 0.1) is 21.8 Å². The Morgan fingerprint density at radius 1 is 1.18 bits per heavy atom. The number of amides is 1. The quantitative estimate of drug-likeness (QED) is 0.155. The van der Waals surface area contributed by atoms with Gasteiger partial charge in [-0.25, -0.2) is 0 Å². The lowest BCUT2D eigenvalue weighted by atomic mass is 10.1. The highest BCUT2D eigenvalue weighted by Gasteiger charge is 2.15. The summed E-state index contributed by atoms with van der Waals surface area (Å²) in [6, 6.07) is 18.7. The Morgan fingerprint density at radius 3 is 2.56 bits per heavy atom. The van der Waals surface area contributed by atoms with E-state index in [0.717, 1.165) is 14.7 Å². The minimum absolute atomic E-state index is 0.0568. The van der Waals surface area contributed by atoms with E-state index in [9.17, 15) is 10.1 Å². The third kappa shape index (κ3) is 6.98. The molecule has 3 aromatic carbocycles. The van der Waals surface area contributed by atoms with Crippen molar-refractivity contribution in [2.75, 3.05) is 11.9 Å². The van der Waals surface area contributed by atoms with Gasteiger partial charge in [-0.15, -0.1) is 0 Å². The van der Waals surface area contributed by atoms with E-state index in [4.69, 9.17) is 21.1 Å². The monoisotopic (exact) mass is 650 g/mol. The minimum atomic E-state index is -0.532. The number of anilines is 1. The first-order valence-electron chi connectivity index (χ1n) is 10.3. The molecule has 0 aliphatic heterocycles. The zero-order valence-corrected chi connectivity index (χ0v) is 23.0. The van der Waals surface area contributed by atoms with Crippen molar-refractivity contribution in [3.63, 3.8) is 0 Å². The summed E-state index contributed by atoms with van der Waals surface area (Å²) in [4.78, 5) is 12.7. The van der Waals surface area contributed by atoms with Crippen LogP contribution < -0.4 is 14.8 Å². The van der Waals surface area contributed by atoms with Crippen molar-refractivity contribution >= 4 is 67.8 Å². The van der Waals surface area contributed by atoms with Gasteiger partial charge in [0.05, 0.1) is 11.1 Å². The molecule has 1 N–H and O–H groups in total. The fourth-order valence-electron chi connectivity index (χ4n) is 2.99. The van der Waals surface area contributed by atoms with Crippen molar-refractivity contribution in [2.45, 2.75) is 20.5 Å². The van der Waals surface area contributed by atoms with E-state index in [1.165, 1.54) is 6.08 Å². The summed E-state index contributed by atoms with van der Waals surface area (Å²) in [7, 11) is 0. The van der Waals surface area contributed by atoms with Crippen LogP contribution in [0.5, 0.6) is 11.5 Å². The normalized spacial score (nSPS) is 11.0. The van der Waals surface area contributed by atoms with Gasteiger partial charge in [0.15, 0.2) is 11.5 Å². The molecule has 0 atom stereocenters. The average Bonchev–Trinajstić information content (AvgIpc) is 2.80. The Kier molecular flexibility index (Phi) is 9.39. The number of hydrogen-bond acceptors (Lipinski definition) is 4. The lowest BCUT2D eigenvalue weighted by Crippen LogP contribution is -2.13. The molecule has 0 fully saturated rings. The Hall–Kier alpha value is -2.54. The largest absolute Gasteiger partial charge is 0.490 e. The molecule has 0 heterocycles. The van der Waals surface area contributed by atoms with Crippen molar-refractivity contribution in [3.05, 3.63) is 89.9 Å². The van der Waals surface area contributed by atoms with Crippen molar-refractivity contribution in [1.82, 2.24) is 0 Å². The van der Waals surface area contributed by atoms with Crippen LogP contribution in [0.1, 0.15) is 23.6 Å². The van der Waals surface area contributed by atoms with Gasteiger partial charge in [0, 0.05) is 14.3 Å². The summed E-state index contributed by atoms with van der Waals surface area (Å²) < 4.78 is 13.6. The molecule has 0 radical (unpaired) electrons. The first-order valence-corrected chi connectivity index (χ1v) is 12.6. The van der Waals surface area contributed by atoms with Crippen molar-refractivity contribution in [1.29, 1.82) is 5.26 Å². The fraction of sp³-hybridized carbons (Fsp3) is 0.154. The van der Waals surface area contributed by atoms with E-state index in [1.54, 1.807) is 30.3 Å². The first kappa shape index (κ1) is 26.1. The summed E-state index contributed by atoms with van der Waals surface area (Å²) in [5.41, 5.74) is 2.99. The Labute approximate surface area is 226 Å². The number of ether oxygens (including phenoxy) is 2. The number of hydrogen-bond donors (Lipinski definition) is 1. The van der Waals surface area contributed by atoms with E-state index in [1.807, 2.05) is 44.2 Å². The molecule has 3 rings (SSSR count). The Morgan fingerprint density at radius 2 is 1.91 bits per heavy atom. The number of halogens is 3. The van der Waals surface area contributed by atoms with Gasteiger partial charge in [-0.3, -0.25) is 4.79 Å². The minimum Gasteiger partial charge on any atom is -0.490 e. The van der Waals surface area contributed by atoms with E-state index < -0.39 is 5.91 Å². The summed E-state index contributed by atoms with van der Waals surface area (Å²) in [5.74, 6) is 0.530. The molecule has 0 unspecified atom stereocenters. The highest BCUT2D eigenvalue weighted by molar-refractivity contribution is 14.1. The summed E-state index contributed by atoms with van der Waals surface area (Å²) in [5, 5.41) is 12.8. The number of nitriles is 1. The third-order valence-corrected chi connectivity index (χ3v) is 6.45. The second-order valence-electron chi connectivity index (χ2n) is 7.27. The predicted octanol–water partition coefficient (Wildman–Crippen LogP) is 7.54. The molecule has 0 aliphatic carbocycles. The first-order chi connectivity index (χ1) is 16.3. The highest BCUT2D eigenvalue weighted by atomic mass is 127. The maximum atomic E-state index is 12.7. The molecule has 0 bridgehead atoms. The number of nitrogens with zero attached hydrogens (tertiary/aromatic N) is 1. The number of carbonyl (C=O) groups is 1. The van der Waals surface area contributed by atoms with Crippen LogP contribution >= 0.6 is 50.1 Å². The topological polar surface area (TPSA) is 71.3 Å². The smallest absolute Gasteiger partial charge is 0.266 e. The van der Waals surface area contributed by atoms with E-state index in [0.29, 0.717) is 45.5 Å². The molecule has 3 aromatic rings. The van der Waals surface area contributed by atoms with E-state index in [-0.39, 0.29) is 5.57 Å². The molecule has 1 amide bonds. The summed E-state index contributed by atoms with van der Waals surface area (Å²) in [6.07, 6.45) is 1.50. The molecule has 8 heteroatoms. The Bertz CT molecular complexity index is 1270. The van der Waals surface area contributed by atoms with Crippen LogP contribution in [0.4, 0.5) is 5.69 Å². The van der Waals surface area contributed by atoms with Crippen molar-refractivity contribution in [3.8, 4) is 17.6 Å². The fourth-order valence-corrected chi connectivity index (χ4v) is 4.11. The van der Waals surface area contributed by atoms with Crippen LogP contribution in [-0.4, -0.2) is 12.5 Å². The van der Waals surface area contributed by atoms with Crippen molar-refractivity contribution in [2.24, 2.45) is 0 Å². The van der Waals surface area contributed by atoms with Crippen LogP contribution in [0.3, 0.4) is 0 Å². The van der Waals surface area contributed by atoms with E-state index >= 15 is 0 Å². The number of carbonyl (C=O) groups excluding carboxylic acids is 1. The Balaban J connectivity index is 1.84. The van der Waals surface area contributed by atoms with Crippen LogP contribution in [0.15, 0.2) is 64.6 Å². The number of aryl methyl sites for hydroxylation is 1. The van der Waals surface area contributed by atoms with Gasteiger partial charge in [0.25, 0.3) is 5.91 Å². The molecule has 0 saturated heterocycles. The van der Waals surface area contributed by atoms with Gasteiger partial charge in [-0.05, 0) is 112 Å². The SMILES string of the molecule is CCOc1cc(/C=C(/C#N)C(=O)Nc2ccc(C)c(Cl)c2)cc(Br)c1OCc1ccc(I)cc1. The predicted molar refractivity (Wildman–Crippen MR) is 147 cm³/mol. The molecule has 0 aliphatic rings. The standard InChI is InChI=1S/C26H21BrClIN2O3/c1-3-33-24-12-18(11-22(27)25(24)34-15-17-5-7-20(29)8-6-17)10-19(14-30)26(32)31-21-9-4-16(2)23(28)13-21/h4-13H,3,15H2,1-2H3,(H,31,32)/b19-10-. The molecular formula is C26H21BrClIN2O3.